The van der Waals surface area contributed by atoms with E-state index in [9.17, 15) is 66.6 Å². The number of hydrogen-bond acceptors (Lipinski definition) is 10. The van der Waals surface area contributed by atoms with Crippen LogP contribution in [-0.4, -0.2) is 124 Å². The summed E-state index contributed by atoms with van der Waals surface area (Å²) < 4.78 is 101. The molecule has 74 heavy (non-hydrogen) atoms. The summed E-state index contributed by atoms with van der Waals surface area (Å²) in [5.74, 6) is -2.86. The summed E-state index contributed by atoms with van der Waals surface area (Å²) >= 11 is 0. The number of aromatic nitrogens is 4. The van der Waals surface area contributed by atoms with E-state index >= 15 is 0 Å². The minimum atomic E-state index is -2.05. The number of amides is 2. The van der Waals surface area contributed by atoms with Gasteiger partial charge in [0.2, 0.25) is 0 Å². The number of aliphatic hydroxyl groups excluding tert-OH is 6. The van der Waals surface area contributed by atoms with Crippen molar-refractivity contribution in [2.75, 3.05) is 13.2 Å². The van der Waals surface area contributed by atoms with Gasteiger partial charge in [-0.3, -0.25) is 9.59 Å². The van der Waals surface area contributed by atoms with Crippen LogP contribution in [0.15, 0.2) is 72.8 Å². The van der Waals surface area contributed by atoms with Gasteiger partial charge in [-0.1, -0.05) is 0 Å². The number of ether oxygens (including phenoxy) is 2. The molecule has 0 radical (unpaired) electrons. The number of aromatic amines is 2. The monoisotopic (exact) mass is 1020 g/mol. The smallest absolute Gasteiger partial charge is 0.252 e. The van der Waals surface area contributed by atoms with Crippen LogP contribution in [0.4, 0.5) is 26.3 Å². The van der Waals surface area contributed by atoms with E-state index in [1.165, 1.54) is 75.9 Å². The number of aliphatic hydroxyl groups is 6. The minimum Gasteiger partial charge on any atom is -0.394 e. The molecule has 22 heteroatoms. The molecule has 4 aliphatic rings. The van der Waals surface area contributed by atoms with Crippen LogP contribution in [0.25, 0.3) is 87.2 Å². The molecule has 10 N–H and O–H groups in total. The minimum absolute atomic E-state index is 0.126. The standard InChI is InChI=1S/2C26H20F3N3O5/c27-9-1-3-14-11(5-9)18-19-13(7-30-25(19)36)17-12-6-10(28)2-4-15(12)32(22(17)21(18)31-14)26-24(35)23(34)20(29)16(8-33)37-26;27-9-1-3-14-11(5-9)17-13-7-30-25(36)19(13)18-12-6-10(28)2-4-15(12)32(22(18)21(17)31-14)26-24(35)23(34)20(29)16(8-33)37-26/h2*1-6,16,20,23-24,26,31,33-35H,7-8H2,(H,30,36)/t2*16-,20-,23+,24-,26-/m11/s1. The molecule has 8 heterocycles. The number of hydrogen-bond donors (Lipinski definition) is 10. The quantitative estimate of drug-likeness (QED) is 0.0951. The second-order valence-corrected chi connectivity index (χ2v) is 19.1. The number of benzene rings is 6. The normalized spacial score (nSPS) is 26.0. The van der Waals surface area contributed by atoms with Crippen molar-refractivity contribution in [1.82, 2.24) is 29.7 Å². The van der Waals surface area contributed by atoms with Gasteiger partial charge < -0.3 is 69.8 Å². The van der Waals surface area contributed by atoms with E-state index in [-0.39, 0.29) is 24.6 Å². The lowest BCUT2D eigenvalue weighted by molar-refractivity contribution is -0.233. The van der Waals surface area contributed by atoms with E-state index < -0.39 is 104 Å². The molecule has 0 saturated carbocycles. The van der Waals surface area contributed by atoms with Gasteiger partial charge in [0.15, 0.2) is 24.8 Å². The van der Waals surface area contributed by atoms with Gasteiger partial charge >= 0.3 is 0 Å². The number of nitrogens with zero attached hydrogens (tertiary/aromatic N) is 2. The SMILES string of the molecule is O=C1NCc2c1c1c3cc(F)ccc3[nH]c1c1c2c2cc(F)ccc2n1[C@@H]1O[C@H](CO)[C@@H](F)[C@H](O)[C@H]1O.O=C1NCc2c1c1c3cc(F)ccc3n([C@@H]3O[C@H](CO)[C@@H](F)[C@H](O)[C@H]3O)c1c1[nH]c3ccc(F)cc3c21. The average molecular weight is 1020 g/mol. The Balaban J connectivity index is 0.000000143. The molecule has 380 valence electrons. The fourth-order valence-electron chi connectivity index (χ4n) is 11.9. The number of H-pyrrole nitrogens is 2. The predicted molar refractivity (Wildman–Crippen MR) is 256 cm³/mol. The molecule has 2 saturated heterocycles. The van der Waals surface area contributed by atoms with Crippen molar-refractivity contribution >= 4 is 99.0 Å². The molecule has 0 bridgehead atoms. The number of alkyl halides is 2. The highest BCUT2D eigenvalue weighted by Gasteiger charge is 2.48. The fraction of sp³-hybridized carbons (Fsp3) is 0.269. The molecule has 2 fully saturated rings. The third-order valence-corrected chi connectivity index (χ3v) is 15.1. The number of fused-ring (bicyclic) bond motifs is 20. The Hall–Kier alpha value is -7.28. The number of carbonyl (C=O) groups is 2. The highest BCUT2D eigenvalue weighted by molar-refractivity contribution is 6.32. The molecule has 16 nitrogen and oxygen atoms in total. The van der Waals surface area contributed by atoms with Crippen LogP contribution in [0.2, 0.25) is 0 Å². The van der Waals surface area contributed by atoms with Gasteiger partial charge in [-0.2, -0.15) is 0 Å². The first-order chi connectivity index (χ1) is 35.6. The van der Waals surface area contributed by atoms with Crippen LogP contribution in [-0.2, 0) is 22.6 Å². The Bertz CT molecular complexity index is 4080. The third-order valence-electron chi connectivity index (χ3n) is 15.1. The lowest BCUT2D eigenvalue weighted by Gasteiger charge is -2.40. The molecule has 14 rings (SSSR count). The highest BCUT2D eigenvalue weighted by atomic mass is 19.2. The van der Waals surface area contributed by atoms with Crippen molar-refractivity contribution in [3.05, 3.63) is 118 Å². The maximum atomic E-state index is 14.6. The fourth-order valence-corrected chi connectivity index (χ4v) is 11.9. The van der Waals surface area contributed by atoms with E-state index in [2.05, 4.69) is 20.6 Å². The third kappa shape index (κ3) is 6.39. The van der Waals surface area contributed by atoms with E-state index in [4.69, 9.17) is 9.47 Å². The Labute approximate surface area is 409 Å². The number of carbonyl (C=O) groups excluding carboxylic acids is 2. The van der Waals surface area contributed by atoms with Gasteiger partial charge in [0.1, 0.15) is 59.9 Å². The Morgan fingerprint density at radius 3 is 1.39 bits per heavy atom. The molecule has 6 aromatic carbocycles. The molecule has 0 spiro atoms. The lowest BCUT2D eigenvalue weighted by atomic mass is 9.96. The zero-order valence-corrected chi connectivity index (χ0v) is 38.0. The van der Waals surface area contributed by atoms with Crippen LogP contribution in [0, 0.1) is 23.3 Å². The first kappa shape index (κ1) is 46.5. The zero-order valence-electron chi connectivity index (χ0n) is 38.0. The van der Waals surface area contributed by atoms with Crippen molar-refractivity contribution < 1.29 is 76.0 Å². The first-order valence-corrected chi connectivity index (χ1v) is 23.5. The van der Waals surface area contributed by atoms with Crippen LogP contribution in [0.3, 0.4) is 0 Å². The summed E-state index contributed by atoms with van der Waals surface area (Å²) in [6.07, 6.45) is -17.0. The summed E-state index contributed by atoms with van der Waals surface area (Å²) in [5, 5.41) is 71.3. The molecule has 2 amide bonds. The topological polar surface area (TPSA) is 239 Å². The Morgan fingerprint density at radius 2 is 0.905 bits per heavy atom. The van der Waals surface area contributed by atoms with Crippen molar-refractivity contribution in [2.45, 2.75) is 74.5 Å². The van der Waals surface area contributed by atoms with Crippen molar-refractivity contribution in [3.8, 4) is 0 Å². The van der Waals surface area contributed by atoms with Crippen LogP contribution in [0.5, 0.6) is 0 Å². The maximum Gasteiger partial charge on any atom is 0.252 e. The summed E-state index contributed by atoms with van der Waals surface area (Å²) in [6.45, 7) is -1.21. The predicted octanol–water partition coefficient (Wildman–Crippen LogP) is 5.80. The number of halogens is 6. The van der Waals surface area contributed by atoms with E-state index in [0.29, 0.717) is 104 Å². The molecule has 4 aliphatic heterocycles. The maximum absolute atomic E-state index is 14.6. The van der Waals surface area contributed by atoms with Crippen LogP contribution < -0.4 is 10.6 Å². The van der Waals surface area contributed by atoms with Gasteiger partial charge in [0, 0.05) is 67.2 Å². The zero-order chi connectivity index (χ0) is 51.5. The van der Waals surface area contributed by atoms with Gasteiger partial charge in [-0.25, -0.2) is 26.3 Å². The lowest BCUT2D eigenvalue weighted by Crippen LogP contribution is -2.54. The second-order valence-electron chi connectivity index (χ2n) is 19.1. The van der Waals surface area contributed by atoms with E-state index in [0.717, 1.165) is 0 Å². The molecule has 0 unspecified atom stereocenters. The summed E-state index contributed by atoms with van der Waals surface area (Å²) in [5.41, 5.74) is 5.20. The molecular weight excluding hydrogens is 983 g/mol. The molecule has 4 aromatic heterocycles. The largest absolute Gasteiger partial charge is 0.394 e. The average Bonchev–Trinajstić information content (AvgIpc) is 4.28. The van der Waals surface area contributed by atoms with Crippen molar-refractivity contribution in [2.24, 2.45) is 0 Å². The highest BCUT2D eigenvalue weighted by Crippen LogP contribution is 2.49. The number of rotatable bonds is 4. The van der Waals surface area contributed by atoms with Crippen LogP contribution in [0.1, 0.15) is 44.3 Å². The Morgan fingerprint density at radius 1 is 0.514 bits per heavy atom. The van der Waals surface area contributed by atoms with Gasteiger partial charge in [-0.05, 0) is 83.9 Å². The molecular formula is C52H40F6N6O10. The van der Waals surface area contributed by atoms with Gasteiger partial charge in [0.25, 0.3) is 11.8 Å². The van der Waals surface area contributed by atoms with Crippen LogP contribution >= 0.6 is 0 Å². The first-order valence-electron chi connectivity index (χ1n) is 23.5. The van der Waals surface area contributed by atoms with Gasteiger partial charge in [0.05, 0.1) is 57.4 Å². The molecule has 0 aliphatic carbocycles. The number of nitrogens with one attached hydrogen (secondary N) is 4. The molecule has 10 atom stereocenters. The summed E-state index contributed by atoms with van der Waals surface area (Å²) in [7, 11) is 0. The van der Waals surface area contributed by atoms with Crippen molar-refractivity contribution in [3.63, 3.8) is 0 Å². The van der Waals surface area contributed by atoms with E-state index in [1.54, 1.807) is 6.07 Å². The summed E-state index contributed by atoms with van der Waals surface area (Å²) in [6, 6.07) is 16.2. The van der Waals surface area contributed by atoms with E-state index in [1.807, 2.05) is 0 Å². The second kappa shape index (κ2) is 16.6. The van der Waals surface area contributed by atoms with Gasteiger partial charge in [-0.15, -0.1) is 0 Å². The Kier molecular flexibility index (Phi) is 10.4. The summed E-state index contributed by atoms with van der Waals surface area (Å²) in [4.78, 5) is 32.6. The molecule has 10 aromatic rings. The van der Waals surface area contributed by atoms with Crippen molar-refractivity contribution in [1.29, 1.82) is 0 Å².